The zero-order chi connectivity index (χ0) is 14.8. The van der Waals surface area contributed by atoms with Crippen LogP contribution in [-0.4, -0.2) is 45.2 Å². The Bertz CT molecular complexity index is 827. The second-order valence-electron chi connectivity index (χ2n) is 4.38. The van der Waals surface area contributed by atoms with Crippen molar-refractivity contribution in [3.8, 4) is 0 Å². The summed E-state index contributed by atoms with van der Waals surface area (Å²) in [5.74, 6) is -1.31. The molecule has 8 heteroatoms. The third-order valence-electron chi connectivity index (χ3n) is 2.96. The molecule has 0 aliphatic rings. The Labute approximate surface area is 142 Å². The summed E-state index contributed by atoms with van der Waals surface area (Å²) in [5, 5.41) is 11.6. The van der Waals surface area contributed by atoms with Crippen molar-refractivity contribution in [2.75, 3.05) is 0 Å². The first kappa shape index (κ1) is 16.3. The van der Waals surface area contributed by atoms with Crippen molar-refractivity contribution in [2.24, 2.45) is 0 Å². The number of hydrogen-bond acceptors (Lipinski definition) is 4. The molecule has 3 aromatic heterocycles. The minimum atomic E-state index is -1.02. The molecule has 1 amide bonds. The van der Waals surface area contributed by atoms with E-state index in [-0.39, 0.29) is 29.6 Å². The molecule has 108 valence electrons. The second kappa shape index (κ2) is 6.79. The molecule has 2 N–H and O–H groups in total. The van der Waals surface area contributed by atoms with Crippen LogP contribution in [0, 0.1) is 0 Å². The number of aromatic nitrogens is 2. The van der Waals surface area contributed by atoms with E-state index in [0.29, 0.717) is 11.4 Å². The van der Waals surface area contributed by atoms with Crippen LogP contribution in [0.4, 0.5) is 0 Å². The number of aromatic carboxylic acids is 1. The van der Waals surface area contributed by atoms with Crippen LogP contribution in [0.3, 0.4) is 0 Å². The number of thiophene rings is 1. The molecule has 0 aliphatic carbocycles. The van der Waals surface area contributed by atoms with Crippen LogP contribution >= 0.6 is 11.3 Å². The quantitative estimate of drug-likeness (QED) is 0.713. The topological polar surface area (TPSA) is 83.7 Å². The SMILES string of the molecule is O=C(O)c1ccc(C(=O)NCc2ccn3ccnc3c2)s1.[LiH]. The molecule has 0 saturated carbocycles. The van der Waals surface area contributed by atoms with Crippen molar-refractivity contribution in [1.29, 1.82) is 0 Å². The average molecular weight is 309 g/mol. The van der Waals surface area contributed by atoms with E-state index in [9.17, 15) is 9.59 Å². The number of carbonyl (C=O) groups is 2. The zero-order valence-corrected chi connectivity index (χ0v) is 11.6. The molecule has 0 radical (unpaired) electrons. The van der Waals surface area contributed by atoms with E-state index in [4.69, 9.17) is 5.11 Å². The van der Waals surface area contributed by atoms with Crippen molar-refractivity contribution in [2.45, 2.75) is 6.54 Å². The molecule has 3 heterocycles. The van der Waals surface area contributed by atoms with E-state index < -0.39 is 5.97 Å². The zero-order valence-electron chi connectivity index (χ0n) is 10.8. The summed E-state index contributed by atoms with van der Waals surface area (Å²) in [7, 11) is 0. The summed E-state index contributed by atoms with van der Waals surface area (Å²) in [5.41, 5.74) is 1.74. The van der Waals surface area contributed by atoms with Crippen LogP contribution in [-0.2, 0) is 6.54 Å². The fraction of sp³-hybridized carbons (Fsp3) is 0.0714. The van der Waals surface area contributed by atoms with Crippen molar-refractivity contribution in [3.63, 3.8) is 0 Å². The van der Waals surface area contributed by atoms with Crippen molar-refractivity contribution >= 4 is 47.7 Å². The van der Waals surface area contributed by atoms with Gasteiger partial charge in [0.2, 0.25) is 0 Å². The number of rotatable bonds is 4. The first-order valence-electron chi connectivity index (χ1n) is 6.16. The maximum atomic E-state index is 12.0. The summed E-state index contributed by atoms with van der Waals surface area (Å²) in [6, 6.07) is 6.73. The van der Waals surface area contributed by atoms with Gasteiger partial charge in [0.1, 0.15) is 10.5 Å². The van der Waals surface area contributed by atoms with Gasteiger partial charge in [0.15, 0.2) is 0 Å². The number of nitrogens with one attached hydrogen (secondary N) is 1. The van der Waals surface area contributed by atoms with Gasteiger partial charge in [-0.2, -0.15) is 0 Å². The number of nitrogens with zero attached hydrogens (tertiary/aromatic N) is 2. The fourth-order valence-electron chi connectivity index (χ4n) is 1.91. The third-order valence-corrected chi connectivity index (χ3v) is 4.03. The number of fused-ring (bicyclic) bond motifs is 1. The van der Waals surface area contributed by atoms with Crippen LogP contribution in [0.2, 0.25) is 0 Å². The first-order valence-corrected chi connectivity index (χ1v) is 6.98. The first-order chi connectivity index (χ1) is 10.1. The minimum absolute atomic E-state index is 0. The van der Waals surface area contributed by atoms with Gasteiger partial charge in [-0.25, -0.2) is 9.78 Å². The predicted molar refractivity (Wildman–Crippen MR) is 84.8 cm³/mol. The molecular weight excluding hydrogens is 297 g/mol. The predicted octanol–water partition coefficient (Wildman–Crippen LogP) is 1.38. The van der Waals surface area contributed by atoms with E-state index in [1.807, 2.05) is 28.9 Å². The van der Waals surface area contributed by atoms with Crippen molar-refractivity contribution < 1.29 is 14.7 Å². The molecule has 0 spiro atoms. The fourth-order valence-corrected chi connectivity index (χ4v) is 2.67. The van der Waals surface area contributed by atoms with Gasteiger partial charge in [-0.3, -0.25) is 4.79 Å². The number of carbonyl (C=O) groups excluding carboxylic acids is 1. The van der Waals surface area contributed by atoms with Gasteiger partial charge >= 0.3 is 24.8 Å². The molecule has 0 unspecified atom stereocenters. The van der Waals surface area contributed by atoms with Crippen LogP contribution in [0.1, 0.15) is 24.9 Å². The number of carboxylic acid groups (broad SMARTS) is 1. The summed E-state index contributed by atoms with van der Waals surface area (Å²) in [4.78, 5) is 27.4. The molecule has 0 aliphatic heterocycles. The normalized spacial score (nSPS) is 10.2. The molecule has 6 nitrogen and oxygen atoms in total. The number of imidazole rings is 1. The van der Waals surface area contributed by atoms with E-state index in [0.717, 1.165) is 22.5 Å². The van der Waals surface area contributed by atoms with Gasteiger partial charge in [-0.05, 0) is 29.8 Å². The van der Waals surface area contributed by atoms with Crippen LogP contribution in [0.15, 0.2) is 42.9 Å². The Morgan fingerprint density at radius 2 is 2.00 bits per heavy atom. The van der Waals surface area contributed by atoms with E-state index in [1.165, 1.54) is 12.1 Å². The molecular formula is C14H12LiN3O3S. The van der Waals surface area contributed by atoms with Gasteiger partial charge in [0.05, 0.1) is 4.88 Å². The Balaban J connectivity index is 0.00000176. The Morgan fingerprint density at radius 3 is 2.73 bits per heavy atom. The van der Waals surface area contributed by atoms with E-state index >= 15 is 0 Å². The number of carboxylic acids is 1. The van der Waals surface area contributed by atoms with Crippen LogP contribution in [0.5, 0.6) is 0 Å². The number of pyridine rings is 1. The Morgan fingerprint density at radius 1 is 1.23 bits per heavy atom. The molecule has 3 aromatic rings. The number of amides is 1. The van der Waals surface area contributed by atoms with Gasteiger partial charge < -0.3 is 14.8 Å². The molecule has 0 bridgehead atoms. The molecule has 0 saturated heterocycles. The maximum absolute atomic E-state index is 12.0. The van der Waals surface area contributed by atoms with E-state index in [2.05, 4.69) is 10.3 Å². The van der Waals surface area contributed by atoms with Gasteiger partial charge in [0, 0.05) is 25.1 Å². The average Bonchev–Trinajstić information content (AvgIpc) is 3.12. The summed E-state index contributed by atoms with van der Waals surface area (Å²) in [6.45, 7) is 0.364. The molecule has 22 heavy (non-hydrogen) atoms. The number of hydrogen-bond donors (Lipinski definition) is 2. The van der Waals surface area contributed by atoms with Crippen molar-refractivity contribution in [1.82, 2.24) is 14.7 Å². The summed E-state index contributed by atoms with van der Waals surface area (Å²) in [6.07, 6.45) is 5.42. The van der Waals surface area contributed by atoms with Gasteiger partial charge in [0.25, 0.3) is 5.91 Å². The Kier molecular flexibility index (Phi) is 5.03. The summed E-state index contributed by atoms with van der Waals surface area (Å²) < 4.78 is 1.88. The molecule has 0 aromatic carbocycles. The third kappa shape index (κ3) is 3.39. The van der Waals surface area contributed by atoms with Crippen LogP contribution < -0.4 is 5.32 Å². The van der Waals surface area contributed by atoms with Crippen LogP contribution in [0.25, 0.3) is 5.65 Å². The standard InChI is InChI=1S/C14H11N3O3S.Li.H/c18-13(10-1-2-11(21-10)14(19)20)16-8-9-3-5-17-6-4-15-12(17)7-9;;/h1-7H,8H2,(H,16,18)(H,19,20);;. The summed E-state index contributed by atoms with van der Waals surface area (Å²) >= 11 is 0.960. The van der Waals surface area contributed by atoms with Gasteiger partial charge in [-0.15, -0.1) is 11.3 Å². The molecule has 0 atom stereocenters. The van der Waals surface area contributed by atoms with Gasteiger partial charge in [-0.1, -0.05) is 0 Å². The Hall–Kier alpha value is -2.07. The molecule has 3 rings (SSSR count). The molecule has 0 fully saturated rings. The second-order valence-corrected chi connectivity index (χ2v) is 5.46. The van der Waals surface area contributed by atoms with E-state index in [1.54, 1.807) is 6.20 Å². The van der Waals surface area contributed by atoms with Crippen molar-refractivity contribution in [3.05, 3.63) is 58.2 Å². The monoisotopic (exact) mass is 309 g/mol.